The number of nitrogens with one attached hydrogen (secondary N) is 1. The van der Waals surface area contributed by atoms with E-state index >= 15 is 0 Å². The summed E-state index contributed by atoms with van der Waals surface area (Å²) >= 11 is 1.58. The third kappa shape index (κ3) is 3.78. The Morgan fingerprint density at radius 2 is 2.00 bits per heavy atom. The van der Waals surface area contributed by atoms with Gasteiger partial charge in [0.25, 0.3) is 5.91 Å². The van der Waals surface area contributed by atoms with Crippen LogP contribution in [0, 0.1) is 6.92 Å². The van der Waals surface area contributed by atoms with E-state index in [4.69, 9.17) is 4.74 Å². The highest BCUT2D eigenvalue weighted by Gasteiger charge is 2.32. The molecule has 0 aliphatic carbocycles. The van der Waals surface area contributed by atoms with Gasteiger partial charge in [-0.15, -0.1) is 11.8 Å². The Kier molecular flexibility index (Phi) is 5.41. The van der Waals surface area contributed by atoms with Crippen molar-refractivity contribution in [3.8, 4) is 0 Å². The largest absolute Gasteiger partial charge is 0.467 e. The first kappa shape index (κ1) is 19.2. The topological polar surface area (TPSA) is 86.1 Å². The summed E-state index contributed by atoms with van der Waals surface area (Å²) in [5, 5.41) is 8.28. The summed E-state index contributed by atoms with van der Waals surface area (Å²) in [6, 6.07) is 0. The second-order valence-electron chi connectivity index (χ2n) is 6.65. The van der Waals surface area contributed by atoms with Gasteiger partial charge in [-0.25, -0.2) is 9.78 Å². The van der Waals surface area contributed by atoms with Crippen molar-refractivity contribution < 1.29 is 14.3 Å². The predicted octanol–water partition coefficient (Wildman–Crippen LogP) is 2.46. The summed E-state index contributed by atoms with van der Waals surface area (Å²) in [7, 11) is 3.12. The summed E-state index contributed by atoms with van der Waals surface area (Å²) < 4.78 is 6.45. The highest BCUT2D eigenvalue weighted by Crippen LogP contribution is 2.34. The van der Waals surface area contributed by atoms with Crippen LogP contribution in [0.15, 0.2) is 11.1 Å². The van der Waals surface area contributed by atoms with E-state index in [0.717, 1.165) is 21.6 Å². The monoisotopic (exact) mass is 364 g/mol. The lowest BCUT2D eigenvalue weighted by Gasteiger charge is -2.24. The van der Waals surface area contributed by atoms with Crippen LogP contribution in [0.4, 0.5) is 0 Å². The number of carbonyl (C=O) groups excluding carboxylic acids is 2. The third-order valence-corrected chi connectivity index (χ3v) is 4.83. The average molecular weight is 364 g/mol. The molecule has 25 heavy (non-hydrogen) atoms. The maximum absolute atomic E-state index is 12.8. The van der Waals surface area contributed by atoms with Crippen LogP contribution < -0.4 is 5.32 Å². The number of esters is 1. The molecule has 0 fully saturated rings. The van der Waals surface area contributed by atoms with Gasteiger partial charge in [0.2, 0.25) is 0 Å². The van der Waals surface area contributed by atoms with Crippen molar-refractivity contribution in [1.82, 2.24) is 20.1 Å². The molecule has 7 nitrogen and oxygen atoms in total. The minimum Gasteiger partial charge on any atom is -0.467 e. The molecule has 0 atom stereocenters. The molecule has 0 aliphatic rings. The van der Waals surface area contributed by atoms with E-state index in [1.54, 1.807) is 30.3 Å². The minimum atomic E-state index is -1.13. The fraction of sp³-hybridized carbons (Fsp3) is 0.529. The van der Waals surface area contributed by atoms with Crippen molar-refractivity contribution in [3.05, 3.63) is 17.5 Å². The van der Waals surface area contributed by atoms with Crippen molar-refractivity contribution in [2.75, 3.05) is 7.11 Å². The smallest absolute Gasteiger partial charge is 0.330 e. The Labute approximate surface area is 151 Å². The average Bonchev–Trinajstić information content (AvgIpc) is 2.80. The maximum Gasteiger partial charge on any atom is 0.330 e. The first-order valence-electron chi connectivity index (χ1n) is 7.98. The normalized spacial score (nSPS) is 11.8. The number of rotatable bonds is 5. The van der Waals surface area contributed by atoms with E-state index in [9.17, 15) is 9.59 Å². The van der Waals surface area contributed by atoms with E-state index in [2.05, 4.69) is 29.2 Å². The number of hydrogen-bond donors (Lipinski definition) is 1. The summed E-state index contributed by atoms with van der Waals surface area (Å²) in [6.45, 7) is 9.22. The maximum atomic E-state index is 12.8. The first-order chi connectivity index (χ1) is 11.6. The zero-order valence-corrected chi connectivity index (χ0v) is 16.4. The molecule has 2 aromatic heterocycles. The molecule has 0 aromatic carbocycles. The minimum absolute atomic E-state index is 0.269. The summed E-state index contributed by atoms with van der Waals surface area (Å²) in [6.07, 6.45) is 1.54. The van der Waals surface area contributed by atoms with Gasteiger partial charge in [0.15, 0.2) is 5.65 Å². The van der Waals surface area contributed by atoms with Gasteiger partial charge < -0.3 is 10.1 Å². The summed E-state index contributed by atoms with van der Waals surface area (Å²) in [5.74, 6) is -0.873. The Hall–Kier alpha value is -2.09. The zero-order chi connectivity index (χ0) is 18.9. The van der Waals surface area contributed by atoms with Gasteiger partial charge in [-0.3, -0.25) is 9.48 Å². The number of aryl methyl sites for hydroxylation is 2. The SMILES string of the molecule is COC(=O)C(C)(C)NC(=O)c1cnc2c(c(C)nn2C)c1SC(C)C. The molecular weight excluding hydrogens is 340 g/mol. The Balaban J connectivity index is 2.55. The molecule has 0 saturated carbocycles. The van der Waals surface area contributed by atoms with Crippen LogP contribution in [0.2, 0.25) is 0 Å². The Morgan fingerprint density at radius 1 is 1.36 bits per heavy atom. The van der Waals surface area contributed by atoms with E-state index in [1.165, 1.54) is 13.3 Å². The molecule has 0 unspecified atom stereocenters. The van der Waals surface area contributed by atoms with Gasteiger partial charge in [0.1, 0.15) is 5.54 Å². The molecule has 0 saturated heterocycles. The van der Waals surface area contributed by atoms with Gasteiger partial charge in [-0.05, 0) is 20.8 Å². The van der Waals surface area contributed by atoms with Crippen LogP contribution in [-0.4, -0.2) is 44.5 Å². The highest BCUT2D eigenvalue weighted by molar-refractivity contribution is 8.00. The number of pyridine rings is 1. The molecule has 8 heteroatoms. The van der Waals surface area contributed by atoms with Crippen molar-refractivity contribution in [1.29, 1.82) is 0 Å². The molecule has 2 heterocycles. The fourth-order valence-corrected chi connectivity index (χ4v) is 3.66. The predicted molar refractivity (Wildman–Crippen MR) is 97.8 cm³/mol. The number of carbonyl (C=O) groups is 2. The van der Waals surface area contributed by atoms with Gasteiger partial charge in [-0.1, -0.05) is 13.8 Å². The van der Waals surface area contributed by atoms with Crippen LogP contribution in [-0.2, 0) is 16.6 Å². The standard InChI is InChI=1S/C17H24N4O3S/c1-9(2)25-13-11(15(22)19-17(4,5)16(23)24-7)8-18-14-12(13)10(3)20-21(14)6/h8-9H,1-7H3,(H,19,22). The zero-order valence-electron chi connectivity index (χ0n) is 15.6. The molecule has 0 aliphatic heterocycles. The second kappa shape index (κ2) is 7.03. The highest BCUT2D eigenvalue weighted by atomic mass is 32.2. The van der Waals surface area contributed by atoms with Crippen molar-refractivity contribution >= 4 is 34.7 Å². The Morgan fingerprint density at radius 3 is 2.56 bits per heavy atom. The molecule has 2 aromatic rings. The van der Waals surface area contributed by atoms with Gasteiger partial charge in [0, 0.05) is 23.4 Å². The molecular formula is C17H24N4O3S. The van der Waals surface area contributed by atoms with Crippen LogP contribution in [0.1, 0.15) is 43.7 Å². The van der Waals surface area contributed by atoms with Crippen LogP contribution in [0.5, 0.6) is 0 Å². The number of fused-ring (bicyclic) bond motifs is 1. The summed E-state index contributed by atoms with van der Waals surface area (Å²) in [4.78, 5) is 29.9. The van der Waals surface area contributed by atoms with Crippen molar-refractivity contribution in [2.45, 2.75) is 50.3 Å². The summed E-state index contributed by atoms with van der Waals surface area (Å²) in [5.41, 5.74) is 0.837. The van der Waals surface area contributed by atoms with Gasteiger partial charge in [0.05, 0.1) is 23.8 Å². The quantitative estimate of drug-likeness (QED) is 0.648. The number of methoxy groups -OCH3 is 1. The molecule has 0 spiro atoms. The van der Waals surface area contributed by atoms with Gasteiger partial charge in [-0.2, -0.15) is 5.10 Å². The van der Waals surface area contributed by atoms with Crippen molar-refractivity contribution in [3.63, 3.8) is 0 Å². The number of nitrogens with zero attached hydrogens (tertiary/aromatic N) is 3. The lowest BCUT2D eigenvalue weighted by atomic mass is 10.1. The number of thioether (sulfide) groups is 1. The number of amides is 1. The number of ether oxygens (including phenoxy) is 1. The fourth-order valence-electron chi connectivity index (χ4n) is 2.56. The first-order valence-corrected chi connectivity index (χ1v) is 8.86. The molecule has 136 valence electrons. The number of aromatic nitrogens is 3. The van der Waals surface area contributed by atoms with Crippen molar-refractivity contribution in [2.24, 2.45) is 7.05 Å². The van der Waals surface area contributed by atoms with E-state index in [-0.39, 0.29) is 11.2 Å². The van der Waals surface area contributed by atoms with Gasteiger partial charge >= 0.3 is 5.97 Å². The lowest BCUT2D eigenvalue weighted by Crippen LogP contribution is -2.50. The second-order valence-corrected chi connectivity index (χ2v) is 8.23. The third-order valence-electron chi connectivity index (χ3n) is 3.70. The molecule has 2 rings (SSSR count). The lowest BCUT2D eigenvalue weighted by molar-refractivity contribution is -0.146. The van der Waals surface area contributed by atoms with Crippen LogP contribution in [0.25, 0.3) is 11.0 Å². The van der Waals surface area contributed by atoms with E-state index in [0.29, 0.717) is 5.56 Å². The molecule has 0 radical (unpaired) electrons. The van der Waals surface area contributed by atoms with E-state index in [1.807, 2.05) is 14.0 Å². The molecule has 1 amide bonds. The number of hydrogen-bond acceptors (Lipinski definition) is 6. The van der Waals surface area contributed by atoms with Crippen LogP contribution in [0.3, 0.4) is 0 Å². The van der Waals surface area contributed by atoms with E-state index < -0.39 is 11.5 Å². The molecule has 0 bridgehead atoms. The Bertz CT molecular complexity index is 827. The van der Waals surface area contributed by atoms with Crippen LogP contribution >= 0.6 is 11.8 Å². The molecule has 1 N–H and O–H groups in total.